The zero-order valence-electron chi connectivity index (χ0n) is 12.4. The number of carbonyl (C=O) groups is 2. The molecule has 1 aromatic rings. The van der Waals surface area contributed by atoms with Gasteiger partial charge in [-0.25, -0.2) is 4.79 Å². The number of carboxylic acids is 1. The van der Waals surface area contributed by atoms with Crippen LogP contribution in [0.4, 0.5) is 0 Å². The van der Waals surface area contributed by atoms with Crippen LogP contribution in [-0.2, 0) is 20.7 Å². The number of amides is 1. The maximum absolute atomic E-state index is 12.0. The van der Waals surface area contributed by atoms with Crippen LogP contribution in [0.15, 0.2) is 18.2 Å². The summed E-state index contributed by atoms with van der Waals surface area (Å²) >= 11 is 11.9. The van der Waals surface area contributed by atoms with Crippen molar-refractivity contribution >= 4 is 35.1 Å². The summed E-state index contributed by atoms with van der Waals surface area (Å²) < 4.78 is 5.08. The van der Waals surface area contributed by atoms with Gasteiger partial charge in [-0.1, -0.05) is 29.3 Å². The summed E-state index contributed by atoms with van der Waals surface area (Å²) in [5.41, 5.74) is 2.90. The Hall–Kier alpha value is -1.34. The fourth-order valence-electron chi connectivity index (χ4n) is 1.66. The van der Waals surface area contributed by atoms with Crippen LogP contribution in [0.5, 0.6) is 0 Å². The second-order valence-electron chi connectivity index (χ2n) is 5.42. The van der Waals surface area contributed by atoms with Crippen LogP contribution in [-0.4, -0.2) is 35.4 Å². The molecular weight excluding hydrogens is 331 g/mol. The lowest BCUT2D eigenvalue weighted by molar-refractivity contribution is -0.170. The van der Waals surface area contributed by atoms with Crippen LogP contribution in [0.1, 0.15) is 19.4 Å². The third kappa shape index (κ3) is 4.33. The molecule has 1 rings (SSSR count). The van der Waals surface area contributed by atoms with Gasteiger partial charge in [-0.3, -0.25) is 4.79 Å². The Bertz CT molecular complexity index is 587. The molecule has 0 spiro atoms. The normalized spacial score (nSPS) is 14.3. The number of benzene rings is 1. The molecular formula is C14H18Cl2N2O4. The second kappa shape index (κ2) is 6.83. The molecule has 0 saturated carbocycles. The van der Waals surface area contributed by atoms with Crippen molar-refractivity contribution in [3.05, 3.63) is 33.8 Å². The summed E-state index contributed by atoms with van der Waals surface area (Å²) in [6.45, 7) is 2.92. The number of carbonyl (C=O) groups excluding carboxylic acids is 1. The zero-order chi connectivity index (χ0) is 17.1. The number of aliphatic carboxylic acids is 1. The number of nitrogens with one attached hydrogen (secondary N) is 1. The summed E-state index contributed by atoms with van der Waals surface area (Å²) in [6, 6.07) is 4.62. The van der Waals surface area contributed by atoms with Crippen molar-refractivity contribution < 1.29 is 19.4 Å². The quantitative estimate of drug-likeness (QED) is 0.680. The monoisotopic (exact) mass is 348 g/mol. The van der Waals surface area contributed by atoms with Crippen molar-refractivity contribution in [2.75, 3.05) is 7.11 Å². The number of halogens is 2. The molecule has 4 N–H and O–H groups in total. The molecule has 22 heavy (non-hydrogen) atoms. The Balaban J connectivity index is 3.17. The topological polar surface area (TPSA) is 102 Å². The molecule has 0 heterocycles. The van der Waals surface area contributed by atoms with Crippen molar-refractivity contribution in [3.8, 4) is 0 Å². The molecule has 1 aromatic carbocycles. The van der Waals surface area contributed by atoms with E-state index < -0.39 is 23.1 Å². The van der Waals surface area contributed by atoms with Crippen molar-refractivity contribution in [3.63, 3.8) is 0 Å². The molecule has 0 unspecified atom stereocenters. The number of ether oxygens (including phenoxy) is 1. The first-order valence-electron chi connectivity index (χ1n) is 6.36. The number of rotatable bonds is 6. The van der Waals surface area contributed by atoms with E-state index in [2.05, 4.69) is 5.32 Å². The van der Waals surface area contributed by atoms with Crippen molar-refractivity contribution in [1.82, 2.24) is 5.32 Å². The SMILES string of the molecule is CO[C@@](Cc1ccc(Cl)cc1Cl)(NC(=O)C(C)(C)N)C(=O)O. The van der Waals surface area contributed by atoms with Gasteiger partial charge in [0.2, 0.25) is 11.6 Å². The molecule has 0 aliphatic rings. The summed E-state index contributed by atoms with van der Waals surface area (Å²) in [5.74, 6) is -2.03. The lowest BCUT2D eigenvalue weighted by Crippen LogP contribution is -2.63. The zero-order valence-corrected chi connectivity index (χ0v) is 14.0. The first-order valence-corrected chi connectivity index (χ1v) is 7.11. The molecule has 122 valence electrons. The highest BCUT2D eigenvalue weighted by molar-refractivity contribution is 6.35. The van der Waals surface area contributed by atoms with Gasteiger partial charge in [-0.2, -0.15) is 0 Å². The first kappa shape index (κ1) is 18.7. The number of hydrogen-bond acceptors (Lipinski definition) is 4. The van der Waals surface area contributed by atoms with Gasteiger partial charge < -0.3 is 20.9 Å². The van der Waals surface area contributed by atoms with Gasteiger partial charge in [0.25, 0.3) is 0 Å². The minimum Gasteiger partial charge on any atom is -0.478 e. The third-order valence-electron chi connectivity index (χ3n) is 3.05. The Morgan fingerprint density at radius 1 is 1.36 bits per heavy atom. The highest BCUT2D eigenvalue weighted by atomic mass is 35.5. The lowest BCUT2D eigenvalue weighted by Gasteiger charge is -2.32. The van der Waals surface area contributed by atoms with Gasteiger partial charge in [0, 0.05) is 23.6 Å². The molecule has 0 radical (unpaired) electrons. The van der Waals surface area contributed by atoms with Crippen LogP contribution >= 0.6 is 23.2 Å². The molecule has 0 saturated heterocycles. The van der Waals surface area contributed by atoms with E-state index >= 15 is 0 Å². The minimum absolute atomic E-state index is 0.184. The molecule has 0 aliphatic heterocycles. The van der Waals surface area contributed by atoms with Crippen LogP contribution < -0.4 is 11.1 Å². The van der Waals surface area contributed by atoms with E-state index in [0.717, 1.165) is 0 Å². The van der Waals surface area contributed by atoms with Gasteiger partial charge in [0.05, 0.1) is 5.54 Å². The van der Waals surface area contributed by atoms with Gasteiger partial charge in [0.1, 0.15) is 0 Å². The first-order chi connectivity index (χ1) is 10.0. The van der Waals surface area contributed by atoms with Crippen LogP contribution in [0.3, 0.4) is 0 Å². The van der Waals surface area contributed by atoms with E-state index in [0.29, 0.717) is 10.6 Å². The van der Waals surface area contributed by atoms with E-state index in [4.69, 9.17) is 33.7 Å². The third-order valence-corrected chi connectivity index (χ3v) is 3.64. The van der Waals surface area contributed by atoms with Gasteiger partial charge in [-0.15, -0.1) is 0 Å². The van der Waals surface area contributed by atoms with E-state index in [-0.39, 0.29) is 11.4 Å². The fourth-order valence-corrected chi connectivity index (χ4v) is 2.14. The highest BCUT2D eigenvalue weighted by Crippen LogP contribution is 2.25. The smallest absolute Gasteiger partial charge is 0.357 e. The fraction of sp³-hybridized carbons (Fsp3) is 0.429. The average molecular weight is 349 g/mol. The predicted molar refractivity (Wildman–Crippen MR) is 84.0 cm³/mol. The van der Waals surface area contributed by atoms with Gasteiger partial charge >= 0.3 is 5.97 Å². The molecule has 8 heteroatoms. The Labute approximate surface area is 138 Å². The molecule has 0 aromatic heterocycles. The van der Waals surface area contributed by atoms with Crippen LogP contribution in [0, 0.1) is 0 Å². The molecule has 0 aliphatic carbocycles. The van der Waals surface area contributed by atoms with Crippen molar-refractivity contribution in [2.45, 2.75) is 31.5 Å². The van der Waals surface area contributed by atoms with Gasteiger partial charge in [0.15, 0.2) is 0 Å². The molecule has 1 atom stereocenters. The summed E-state index contributed by atoms with van der Waals surface area (Å²) in [7, 11) is 1.18. The van der Waals surface area contributed by atoms with E-state index in [1.165, 1.54) is 27.0 Å². The number of hydrogen-bond donors (Lipinski definition) is 3. The average Bonchev–Trinajstić information content (AvgIpc) is 2.39. The molecule has 0 fully saturated rings. The number of carboxylic acid groups (broad SMARTS) is 1. The second-order valence-corrected chi connectivity index (χ2v) is 6.27. The molecule has 0 bridgehead atoms. The highest BCUT2D eigenvalue weighted by Gasteiger charge is 2.43. The Morgan fingerprint density at radius 3 is 2.36 bits per heavy atom. The van der Waals surface area contributed by atoms with E-state index in [1.807, 2.05) is 0 Å². The summed E-state index contributed by atoms with van der Waals surface area (Å²) in [5, 5.41) is 12.5. The number of nitrogens with two attached hydrogens (primary N) is 1. The summed E-state index contributed by atoms with van der Waals surface area (Å²) in [6.07, 6.45) is -0.184. The predicted octanol–water partition coefficient (Wildman–Crippen LogP) is 1.82. The molecule has 6 nitrogen and oxygen atoms in total. The number of methoxy groups -OCH3 is 1. The Kier molecular flexibility index (Phi) is 5.81. The lowest BCUT2D eigenvalue weighted by atomic mass is 9.99. The minimum atomic E-state index is -1.98. The maximum Gasteiger partial charge on any atom is 0.357 e. The largest absolute Gasteiger partial charge is 0.478 e. The van der Waals surface area contributed by atoms with Crippen LogP contribution in [0.2, 0.25) is 10.0 Å². The van der Waals surface area contributed by atoms with Crippen molar-refractivity contribution in [2.24, 2.45) is 5.73 Å². The maximum atomic E-state index is 12.0. The van der Waals surface area contributed by atoms with Crippen molar-refractivity contribution in [1.29, 1.82) is 0 Å². The standard InChI is InChI=1S/C14H18Cl2N2O4/c1-13(2,17)11(19)18-14(22-3,12(20)21)7-8-4-5-9(15)6-10(8)16/h4-6H,7,17H2,1-3H3,(H,18,19)(H,20,21)/t14-/m1/s1. The molecule has 1 amide bonds. The Morgan fingerprint density at radius 2 is 1.95 bits per heavy atom. The van der Waals surface area contributed by atoms with E-state index in [9.17, 15) is 14.7 Å². The van der Waals surface area contributed by atoms with E-state index in [1.54, 1.807) is 12.1 Å². The van der Waals surface area contributed by atoms with Crippen LogP contribution in [0.25, 0.3) is 0 Å². The summed E-state index contributed by atoms with van der Waals surface area (Å²) in [4.78, 5) is 23.7. The van der Waals surface area contributed by atoms with Gasteiger partial charge in [-0.05, 0) is 31.5 Å².